The van der Waals surface area contributed by atoms with Gasteiger partial charge in [-0.3, -0.25) is 9.88 Å². The standard InChI is InChI=1S/C17H17ClN4O/c1-2-22(11-13-6-8-19-9-7-13)12-16-20-17(21-23-16)14-4-3-5-15(18)10-14/h3-10H,2,11-12H2,1H3. The lowest BCUT2D eigenvalue weighted by molar-refractivity contribution is 0.229. The summed E-state index contributed by atoms with van der Waals surface area (Å²) in [4.78, 5) is 10.7. The van der Waals surface area contributed by atoms with Gasteiger partial charge in [0, 0.05) is 29.5 Å². The summed E-state index contributed by atoms with van der Waals surface area (Å²) in [7, 11) is 0. The summed E-state index contributed by atoms with van der Waals surface area (Å²) in [6, 6.07) is 11.4. The van der Waals surface area contributed by atoms with Crippen LogP contribution >= 0.6 is 11.6 Å². The molecule has 0 unspecified atom stereocenters. The second-order valence-electron chi connectivity index (χ2n) is 5.18. The molecule has 3 rings (SSSR count). The van der Waals surface area contributed by atoms with Crippen molar-refractivity contribution < 1.29 is 4.52 Å². The van der Waals surface area contributed by atoms with E-state index in [0.717, 1.165) is 18.7 Å². The fourth-order valence-corrected chi connectivity index (χ4v) is 2.47. The van der Waals surface area contributed by atoms with E-state index < -0.39 is 0 Å². The molecule has 0 amide bonds. The lowest BCUT2D eigenvalue weighted by Gasteiger charge is -2.17. The average Bonchev–Trinajstić information content (AvgIpc) is 3.04. The fraction of sp³-hybridized carbons (Fsp3) is 0.235. The van der Waals surface area contributed by atoms with Gasteiger partial charge in [-0.25, -0.2) is 0 Å². The first-order chi connectivity index (χ1) is 11.2. The molecule has 0 radical (unpaired) electrons. The van der Waals surface area contributed by atoms with Crippen molar-refractivity contribution in [3.8, 4) is 11.4 Å². The van der Waals surface area contributed by atoms with Gasteiger partial charge in [-0.2, -0.15) is 4.98 Å². The highest BCUT2D eigenvalue weighted by molar-refractivity contribution is 6.30. The van der Waals surface area contributed by atoms with Crippen LogP contribution in [0.3, 0.4) is 0 Å². The number of hydrogen-bond donors (Lipinski definition) is 0. The van der Waals surface area contributed by atoms with Crippen LogP contribution in [0.15, 0.2) is 53.3 Å². The van der Waals surface area contributed by atoms with Crippen molar-refractivity contribution in [1.29, 1.82) is 0 Å². The molecule has 3 aromatic rings. The Balaban J connectivity index is 1.70. The lowest BCUT2D eigenvalue weighted by atomic mass is 10.2. The maximum absolute atomic E-state index is 6.00. The smallest absolute Gasteiger partial charge is 0.241 e. The van der Waals surface area contributed by atoms with E-state index in [9.17, 15) is 0 Å². The Hall–Kier alpha value is -2.24. The molecule has 118 valence electrons. The number of halogens is 1. The minimum Gasteiger partial charge on any atom is -0.338 e. The molecule has 2 heterocycles. The molecule has 5 nitrogen and oxygen atoms in total. The van der Waals surface area contributed by atoms with Gasteiger partial charge in [0.25, 0.3) is 0 Å². The van der Waals surface area contributed by atoms with Gasteiger partial charge >= 0.3 is 0 Å². The monoisotopic (exact) mass is 328 g/mol. The molecule has 6 heteroatoms. The molecule has 0 N–H and O–H groups in total. The Morgan fingerprint density at radius 2 is 1.96 bits per heavy atom. The van der Waals surface area contributed by atoms with Crippen molar-refractivity contribution in [3.05, 3.63) is 65.3 Å². The number of benzene rings is 1. The van der Waals surface area contributed by atoms with Crippen molar-refractivity contribution in [3.63, 3.8) is 0 Å². The van der Waals surface area contributed by atoms with Gasteiger partial charge in [-0.05, 0) is 36.4 Å². The van der Waals surface area contributed by atoms with E-state index in [1.54, 1.807) is 12.4 Å². The van der Waals surface area contributed by atoms with E-state index in [2.05, 4.69) is 26.9 Å². The molecule has 0 aliphatic carbocycles. The Morgan fingerprint density at radius 1 is 1.13 bits per heavy atom. The van der Waals surface area contributed by atoms with Crippen molar-refractivity contribution in [2.45, 2.75) is 20.0 Å². The summed E-state index contributed by atoms with van der Waals surface area (Å²) in [5.74, 6) is 1.15. The predicted molar refractivity (Wildman–Crippen MR) is 88.8 cm³/mol. The molecule has 0 atom stereocenters. The first-order valence-electron chi connectivity index (χ1n) is 7.44. The third kappa shape index (κ3) is 4.15. The molecule has 2 aromatic heterocycles. The molecular weight excluding hydrogens is 312 g/mol. The molecule has 0 saturated carbocycles. The van der Waals surface area contributed by atoms with Gasteiger partial charge in [-0.1, -0.05) is 35.8 Å². The molecule has 0 fully saturated rings. The van der Waals surface area contributed by atoms with E-state index in [0.29, 0.717) is 23.3 Å². The second kappa shape index (κ2) is 7.35. The van der Waals surface area contributed by atoms with Gasteiger partial charge < -0.3 is 4.52 Å². The van der Waals surface area contributed by atoms with E-state index in [-0.39, 0.29) is 0 Å². The van der Waals surface area contributed by atoms with Gasteiger partial charge in [-0.15, -0.1) is 0 Å². The topological polar surface area (TPSA) is 55.1 Å². The van der Waals surface area contributed by atoms with Crippen molar-refractivity contribution in [2.75, 3.05) is 6.54 Å². The highest BCUT2D eigenvalue weighted by atomic mass is 35.5. The van der Waals surface area contributed by atoms with Crippen LogP contribution in [0.25, 0.3) is 11.4 Å². The van der Waals surface area contributed by atoms with Gasteiger partial charge in [0.05, 0.1) is 6.54 Å². The highest BCUT2D eigenvalue weighted by Crippen LogP contribution is 2.20. The van der Waals surface area contributed by atoms with Crippen LogP contribution in [0.1, 0.15) is 18.4 Å². The van der Waals surface area contributed by atoms with Crippen LogP contribution < -0.4 is 0 Å². The molecule has 0 spiro atoms. The molecule has 0 aliphatic rings. The number of pyridine rings is 1. The molecule has 0 bridgehead atoms. The third-order valence-electron chi connectivity index (χ3n) is 3.51. The van der Waals surface area contributed by atoms with Gasteiger partial charge in [0.15, 0.2) is 0 Å². The van der Waals surface area contributed by atoms with Crippen LogP contribution in [0.2, 0.25) is 5.02 Å². The maximum Gasteiger partial charge on any atom is 0.241 e. The fourth-order valence-electron chi connectivity index (χ4n) is 2.28. The van der Waals surface area contributed by atoms with E-state index in [1.165, 1.54) is 5.56 Å². The maximum atomic E-state index is 6.00. The minimum absolute atomic E-state index is 0.558. The number of nitrogens with zero attached hydrogens (tertiary/aromatic N) is 4. The number of hydrogen-bond acceptors (Lipinski definition) is 5. The Bertz CT molecular complexity index is 760. The van der Waals surface area contributed by atoms with E-state index in [1.807, 2.05) is 36.4 Å². The second-order valence-corrected chi connectivity index (χ2v) is 5.62. The number of rotatable bonds is 6. The van der Waals surface area contributed by atoms with E-state index in [4.69, 9.17) is 16.1 Å². The Morgan fingerprint density at radius 3 is 2.70 bits per heavy atom. The van der Waals surface area contributed by atoms with Crippen LogP contribution in [0.5, 0.6) is 0 Å². The van der Waals surface area contributed by atoms with Crippen molar-refractivity contribution in [2.24, 2.45) is 0 Å². The molecule has 0 saturated heterocycles. The van der Waals surface area contributed by atoms with Crippen LogP contribution in [-0.4, -0.2) is 26.6 Å². The summed E-state index contributed by atoms with van der Waals surface area (Å²) < 4.78 is 5.37. The van der Waals surface area contributed by atoms with E-state index >= 15 is 0 Å². The normalized spacial score (nSPS) is 11.1. The van der Waals surface area contributed by atoms with Crippen LogP contribution in [-0.2, 0) is 13.1 Å². The van der Waals surface area contributed by atoms with Crippen molar-refractivity contribution >= 4 is 11.6 Å². The largest absolute Gasteiger partial charge is 0.338 e. The zero-order chi connectivity index (χ0) is 16.1. The molecular formula is C17H17ClN4O. The quantitative estimate of drug-likeness (QED) is 0.688. The van der Waals surface area contributed by atoms with Gasteiger partial charge in [0.2, 0.25) is 11.7 Å². The first kappa shape index (κ1) is 15.6. The predicted octanol–water partition coefficient (Wildman–Crippen LogP) is 3.81. The Labute approximate surface area is 139 Å². The summed E-state index contributed by atoms with van der Waals surface area (Å²) in [6.45, 7) is 4.41. The summed E-state index contributed by atoms with van der Waals surface area (Å²) in [5.41, 5.74) is 2.06. The minimum atomic E-state index is 0.558. The average molecular weight is 329 g/mol. The first-order valence-corrected chi connectivity index (χ1v) is 7.82. The molecule has 1 aromatic carbocycles. The van der Waals surface area contributed by atoms with Gasteiger partial charge in [0.1, 0.15) is 0 Å². The summed E-state index contributed by atoms with van der Waals surface area (Å²) >= 11 is 6.00. The summed E-state index contributed by atoms with van der Waals surface area (Å²) in [6.07, 6.45) is 3.60. The molecule has 0 aliphatic heterocycles. The zero-order valence-corrected chi connectivity index (χ0v) is 13.6. The zero-order valence-electron chi connectivity index (χ0n) is 12.8. The number of aromatic nitrogens is 3. The van der Waals surface area contributed by atoms with Crippen LogP contribution in [0, 0.1) is 0 Å². The van der Waals surface area contributed by atoms with Crippen molar-refractivity contribution in [1.82, 2.24) is 20.0 Å². The highest BCUT2D eigenvalue weighted by Gasteiger charge is 2.12. The van der Waals surface area contributed by atoms with Crippen LogP contribution in [0.4, 0.5) is 0 Å². The summed E-state index contributed by atoms with van der Waals surface area (Å²) in [5, 5.41) is 4.69. The Kier molecular flexibility index (Phi) is 5.00. The molecule has 23 heavy (non-hydrogen) atoms. The SMILES string of the molecule is CCN(Cc1ccncc1)Cc1nc(-c2cccc(Cl)c2)no1. The lowest BCUT2D eigenvalue weighted by Crippen LogP contribution is -2.22. The third-order valence-corrected chi connectivity index (χ3v) is 3.75.